The van der Waals surface area contributed by atoms with Crippen molar-refractivity contribution in [2.24, 2.45) is 10.7 Å². The summed E-state index contributed by atoms with van der Waals surface area (Å²) < 4.78 is 18.1. The van der Waals surface area contributed by atoms with E-state index in [9.17, 15) is 0 Å². The average molecular weight is 375 g/mol. The molecule has 0 aromatic rings. The minimum atomic E-state index is -1.02. The van der Waals surface area contributed by atoms with E-state index in [1.165, 1.54) is 0 Å². The number of rotatable bonds is 4. The Hall–Kier alpha value is -1.87. The number of ether oxygens (including phenoxy) is 3. The molecule has 27 heavy (non-hydrogen) atoms. The summed E-state index contributed by atoms with van der Waals surface area (Å²) in [5.74, 6) is 0.213. The van der Waals surface area contributed by atoms with Crippen molar-refractivity contribution in [1.29, 1.82) is 0 Å². The third kappa shape index (κ3) is 3.75. The molecule has 0 saturated carbocycles. The molecule has 1 aliphatic carbocycles. The lowest BCUT2D eigenvalue weighted by atomic mass is 9.95. The minimum Gasteiger partial charge on any atom is -0.383 e. The van der Waals surface area contributed by atoms with Crippen LogP contribution in [-0.4, -0.2) is 68.8 Å². The van der Waals surface area contributed by atoms with Crippen molar-refractivity contribution in [2.45, 2.75) is 31.7 Å². The van der Waals surface area contributed by atoms with Gasteiger partial charge in [0.1, 0.15) is 5.82 Å². The van der Waals surface area contributed by atoms with Crippen LogP contribution >= 0.6 is 0 Å². The number of piperazine rings is 1. The number of nitrogens with one attached hydrogen (secondary N) is 2. The number of allylic oxidation sites excluding steroid dienone is 2. The first-order chi connectivity index (χ1) is 13.2. The molecule has 8 nitrogen and oxygen atoms in total. The van der Waals surface area contributed by atoms with Gasteiger partial charge in [0.25, 0.3) is 0 Å². The molecular formula is C19H29N5O3. The van der Waals surface area contributed by atoms with Crippen molar-refractivity contribution in [3.8, 4) is 0 Å². The molecule has 0 aromatic carbocycles. The van der Waals surface area contributed by atoms with Crippen molar-refractivity contribution in [3.63, 3.8) is 0 Å². The molecule has 0 aromatic heterocycles. The van der Waals surface area contributed by atoms with E-state index in [1.807, 2.05) is 25.2 Å². The molecule has 3 heterocycles. The Morgan fingerprint density at radius 3 is 2.85 bits per heavy atom. The number of hydrogen-bond acceptors (Lipinski definition) is 8. The fraction of sp³-hybridized carbons (Fsp3) is 0.632. The predicted octanol–water partition coefficient (Wildman–Crippen LogP) is 0.403. The zero-order valence-corrected chi connectivity index (χ0v) is 15.9. The predicted molar refractivity (Wildman–Crippen MR) is 103 cm³/mol. The van der Waals surface area contributed by atoms with Gasteiger partial charge in [-0.2, -0.15) is 4.99 Å². The van der Waals surface area contributed by atoms with Gasteiger partial charge in [0.2, 0.25) is 11.7 Å². The molecule has 0 amide bonds. The van der Waals surface area contributed by atoms with Crippen LogP contribution in [-0.2, 0) is 14.2 Å². The van der Waals surface area contributed by atoms with Gasteiger partial charge >= 0.3 is 0 Å². The monoisotopic (exact) mass is 375 g/mol. The molecule has 0 spiro atoms. The van der Waals surface area contributed by atoms with Crippen LogP contribution in [0, 0.1) is 0 Å². The fourth-order valence-electron chi connectivity index (χ4n) is 3.90. The van der Waals surface area contributed by atoms with Gasteiger partial charge in [0.15, 0.2) is 0 Å². The lowest BCUT2D eigenvalue weighted by molar-refractivity contribution is -0.215. The lowest BCUT2D eigenvalue weighted by Crippen LogP contribution is -2.54. The fourth-order valence-corrected chi connectivity index (χ4v) is 3.90. The van der Waals surface area contributed by atoms with E-state index in [-0.39, 0.29) is 6.10 Å². The molecule has 2 saturated heterocycles. The molecule has 2 fully saturated rings. The van der Waals surface area contributed by atoms with Crippen LogP contribution in [0.3, 0.4) is 0 Å². The highest BCUT2D eigenvalue weighted by molar-refractivity contribution is 5.86. The van der Waals surface area contributed by atoms with Crippen LogP contribution in [0.5, 0.6) is 0 Å². The lowest BCUT2D eigenvalue weighted by Gasteiger charge is -2.42. The van der Waals surface area contributed by atoms with Gasteiger partial charge in [-0.15, -0.1) is 0 Å². The number of nitrogens with two attached hydrogens (primary N) is 1. The molecule has 8 heteroatoms. The van der Waals surface area contributed by atoms with Crippen molar-refractivity contribution in [3.05, 3.63) is 35.3 Å². The first-order valence-corrected chi connectivity index (χ1v) is 9.83. The van der Waals surface area contributed by atoms with Crippen molar-refractivity contribution >= 4 is 5.96 Å². The van der Waals surface area contributed by atoms with Gasteiger partial charge in [-0.25, -0.2) is 0 Å². The van der Waals surface area contributed by atoms with Crippen LogP contribution in [0.25, 0.3) is 0 Å². The molecule has 1 atom stereocenters. The zero-order chi connectivity index (χ0) is 18.7. The third-order valence-electron chi connectivity index (χ3n) is 5.21. The number of nitrogens with zero attached hydrogens (tertiary/aromatic N) is 2. The number of fused-ring (bicyclic) bond motifs is 1. The van der Waals surface area contributed by atoms with E-state index >= 15 is 0 Å². The normalized spacial score (nSPS) is 29.1. The van der Waals surface area contributed by atoms with E-state index in [0.29, 0.717) is 25.6 Å². The molecule has 3 aliphatic heterocycles. The van der Waals surface area contributed by atoms with Crippen molar-refractivity contribution in [1.82, 2.24) is 15.5 Å². The summed E-state index contributed by atoms with van der Waals surface area (Å²) in [6.45, 7) is 7.54. The third-order valence-corrected chi connectivity index (χ3v) is 5.21. The molecule has 4 N–H and O–H groups in total. The summed E-state index contributed by atoms with van der Waals surface area (Å²) in [5, 5.41) is 6.79. The SMILES string of the molecule is CCOC1(OC2CCOCC2)C=CC=C2NC(N3CCNCC3)=NC(N)=C21. The second-order valence-electron chi connectivity index (χ2n) is 7.03. The topological polar surface area (TPSA) is 93.4 Å². The highest BCUT2D eigenvalue weighted by atomic mass is 16.7. The summed E-state index contributed by atoms with van der Waals surface area (Å²) >= 11 is 0. The molecule has 4 aliphatic rings. The molecule has 1 unspecified atom stereocenters. The Balaban J connectivity index is 1.65. The maximum atomic E-state index is 6.48. The van der Waals surface area contributed by atoms with Crippen LogP contribution in [0.15, 0.2) is 40.3 Å². The summed E-state index contributed by atoms with van der Waals surface area (Å²) in [7, 11) is 0. The summed E-state index contributed by atoms with van der Waals surface area (Å²) in [6, 6.07) is 0. The number of guanidine groups is 1. The van der Waals surface area contributed by atoms with Crippen LogP contribution in [0.1, 0.15) is 19.8 Å². The van der Waals surface area contributed by atoms with Gasteiger partial charge in [-0.1, -0.05) is 6.08 Å². The Bertz CT molecular complexity index is 675. The zero-order valence-electron chi connectivity index (χ0n) is 15.9. The Labute approximate surface area is 160 Å². The standard InChI is InChI=1S/C19H29N5O3/c1-2-26-19(27-14-5-12-25-13-6-14)7-3-4-15-16(19)17(20)23-18(22-15)24-10-8-21-9-11-24/h3-4,7,14,21H,2,5-6,8-13,20H2,1H3,(H,22,23). The van der Waals surface area contributed by atoms with Gasteiger partial charge in [0.05, 0.1) is 17.4 Å². The maximum absolute atomic E-state index is 6.48. The first-order valence-electron chi connectivity index (χ1n) is 9.83. The molecule has 0 bridgehead atoms. The quantitative estimate of drug-likeness (QED) is 0.613. The molecular weight excluding hydrogens is 346 g/mol. The maximum Gasteiger partial charge on any atom is 0.221 e. The minimum absolute atomic E-state index is 0.0631. The van der Waals surface area contributed by atoms with E-state index < -0.39 is 5.79 Å². The van der Waals surface area contributed by atoms with Crippen molar-refractivity contribution < 1.29 is 14.2 Å². The smallest absolute Gasteiger partial charge is 0.221 e. The van der Waals surface area contributed by atoms with E-state index in [1.54, 1.807) is 0 Å². The van der Waals surface area contributed by atoms with E-state index in [2.05, 4.69) is 20.5 Å². The number of hydrogen-bond donors (Lipinski definition) is 3. The molecule has 4 rings (SSSR count). The van der Waals surface area contributed by atoms with Gasteiger partial charge in [-0.05, 0) is 31.9 Å². The summed E-state index contributed by atoms with van der Waals surface area (Å²) in [5.41, 5.74) is 8.10. The van der Waals surface area contributed by atoms with Gasteiger partial charge in [-0.3, -0.25) is 0 Å². The Morgan fingerprint density at radius 2 is 2.11 bits per heavy atom. The van der Waals surface area contributed by atoms with Gasteiger partial charge < -0.3 is 35.5 Å². The highest BCUT2D eigenvalue weighted by Gasteiger charge is 2.44. The summed E-state index contributed by atoms with van der Waals surface area (Å²) in [4.78, 5) is 6.87. The van der Waals surface area contributed by atoms with Crippen LogP contribution in [0.4, 0.5) is 0 Å². The Morgan fingerprint density at radius 1 is 1.33 bits per heavy atom. The first kappa shape index (κ1) is 18.5. The van der Waals surface area contributed by atoms with Crippen LogP contribution < -0.4 is 16.4 Å². The Kier molecular flexibility index (Phi) is 5.49. The van der Waals surface area contributed by atoms with Crippen LogP contribution in [0.2, 0.25) is 0 Å². The second kappa shape index (κ2) is 8.02. The molecule has 148 valence electrons. The van der Waals surface area contributed by atoms with Gasteiger partial charge in [0, 0.05) is 46.0 Å². The average Bonchev–Trinajstić information content (AvgIpc) is 2.69. The van der Waals surface area contributed by atoms with E-state index in [0.717, 1.165) is 56.3 Å². The largest absolute Gasteiger partial charge is 0.383 e. The summed E-state index contributed by atoms with van der Waals surface area (Å²) in [6.07, 6.45) is 7.66. The van der Waals surface area contributed by atoms with E-state index in [4.69, 9.17) is 19.9 Å². The van der Waals surface area contributed by atoms with Crippen molar-refractivity contribution in [2.75, 3.05) is 46.0 Å². The highest BCUT2D eigenvalue weighted by Crippen LogP contribution is 2.38. The second-order valence-corrected chi connectivity index (χ2v) is 7.03. The number of aliphatic imine (C=N–C) groups is 1. The molecule has 0 radical (unpaired) electrons.